The molecule has 1 unspecified atom stereocenters. The first-order valence-corrected chi connectivity index (χ1v) is 5.76. The monoisotopic (exact) mass is 243 g/mol. The van der Waals surface area contributed by atoms with Crippen molar-refractivity contribution >= 4 is 16.4 Å². The van der Waals surface area contributed by atoms with Gasteiger partial charge in [-0.15, -0.1) is 6.58 Å². The van der Waals surface area contributed by atoms with Gasteiger partial charge >= 0.3 is 0 Å². The number of rotatable bonds is 3. The van der Waals surface area contributed by atoms with Crippen LogP contribution in [0.3, 0.4) is 0 Å². The maximum Gasteiger partial charge on any atom is 0.284 e. The van der Waals surface area contributed by atoms with Crippen molar-refractivity contribution in [2.24, 2.45) is 5.73 Å². The topological polar surface area (TPSA) is 97.5 Å². The highest BCUT2D eigenvalue weighted by Crippen LogP contribution is 1.91. The van der Waals surface area contributed by atoms with Crippen LogP contribution in [-0.2, 0) is 10.1 Å². The molecule has 0 aliphatic heterocycles. The highest BCUT2D eigenvalue weighted by molar-refractivity contribution is 7.86. The average molecular weight is 243 g/mol. The zero-order chi connectivity index (χ0) is 12.6. The summed E-state index contributed by atoms with van der Waals surface area (Å²) in [6, 6.07) is 9.10. The standard InChI is InChI=1S/C7H6O.C3H7NO3S/c8-6-7-4-2-1-3-5-7;1-2-3(4)8(5,6)7/h1-6H;2-3H,1,4H2,(H,5,6,7). The van der Waals surface area contributed by atoms with E-state index in [2.05, 4.69) is 6.58 Å². The molecule has 0 amide bonds. The summed E-state index contributed by atoms with van der Waals surface area (Å²) in [5.74, 6) is 0. The lowest BCUT2D eigenvalue weighted by molar-refractivity contribution is 0.112. The van der Waals surface area contributed by atoms with E-state index in [9.17, 15) is 13.2 Å². The highest BCUT2D eigenvalue weighted by atomic mass is 32.2. The Hall–Kier alpha value is -1.50. The van der Waals surface area contributed by atoms with Crippen LogP contribution in [-0.4, -0.2) is 24.6 Å². The van der Waals surface area contributed by atoms with Gasteiger partial charge in [-0.1, -0.05) is 36.4 Å². The Morgan fingerprint density at radius 1 is 1.31 bits per heavy atom. The second-order valence-corrected chi connectivity index (χ2v) is 4.32. The Kier molecular flexibility index (Phi) is 6.24. The van der Waals surface area contributed by atoms with Gasteiger partial charge in [-0.2, -0.15) is 8.42 Å². The molecule has 6 heteroatoms. The summed E-state index contributed by atoms with van der Waals surface area (Å²) < 4.78 is 27.9. The van der Waals surface area contributed by atoms with Crippen LogP contribution in [0.4, 0.5) is 0 Å². The first-order chi connectivity index (χ1) is 7.41. The SMILES string of the molecule is C=CC(N)S(=O)(=O)O.O=Cc1ccccc1. The van der Waals surface area contributed by atoms with Crippen LogP contribution in [0.25, 0.3) is 0 Å². The molecule has 0 spiro atoms. The lowest BCUT2D eigenvalue weighted by Crippen LogP contribution is -2.26. The number of hydrogen-bond donors (Lipinski definition) is 2. The number of carbonyl (C=O) groups excluding carboxylic acids is 1. The summed E-state index contributed by atoms with van der Waals surface area (Å²) in [5.41, 5.74) is 5.52. The Balaban J connectivity index is 0.000000281. The van der Waals surface area contributed by atoms with Gasteiger partial charge in [0.05, 0.1) is 0 Å². The zero-order valence-corrected chi connectivity index (χ0v) is 9.30. The average Bonchev–Trinajstić information content (AvgIpc) is 2.28. The highest BCUT2D eigenvalue weighted by Gasteiger charge is 2.11. The van der Waals surface area contributed by atoms with Gasteiger partial charge in [0.15, 0.2) is 5.37 Å². The van der Waals surface area contributed by atoms with E-state index in [1.165, 1.54) is 0 Å². The molecule has 88 valence electrons. The van der Waals surface area contributed by atoms with Crippen molar-refractivity contribution in [2.45, 2.75) is 5.37 Å². The fraction of sp³-hybridized carbons (Fsp3) is 0.100. The number of aldehydes is 1. The van der Waals surface area contributed by atoms with Crippen LogP contribution in [0.15, 0.2) is 43.0 Å². The molecular formula is C10H13NO4S. The lowest BCUT2D eigenvalue weighted by Gasteiger charge is -1.97. The van der Waals surface area contributed by atoms with Gasteiger partial charge < -0.3 is 5.73 Å². The molecule has 5 nitrogen and oxygen atoms in total. The molecule has 0 saturated carbocycles. The van der Waals surface area contributed by atoms with Gasteiger partial charge in [0.2, 0.25) is 0 Å². The minimum absolute atomic E-state index is 0.729. The molecule has 3 N–H and O–H groups in total. The van der Waals surface area contributed by atoms with Gasteiger partial charge in [-0.3, -0.25) is 9.35 Å². The minimum atomic E-state index is -4.09. The number of hydrogen-bond acceptors (Lipinski definition) is 4. The maximum atomic E-state index is 10.0. The van der Waals surface area contributed by atoms with Crippen molar-refractivity contribution in [1.29, 1.82) is 0 Å². The molecule has 0 aliphatic carbocycles. The Morgan fingerprint density at radius 3 is 2.00 bits per heavy atom. The summed E-state index contributed by atoms with van der Waals surface area (Å²) >= 11 is 0. The van der Waals surface area contributed by atoms with Crippen molar-refractivity contribution < 1.29 is 17.8 Å². The van der Waals surface area contributed by atoms with Crippen molar-refractivity contribution in [2.75, 3.05) is 0 Å². The van der Waals surface area contributed by atoms with E-state index in [0.717, 1.165) is 17.9 Å². The van der Waals surface area contributed by atoms with Gasteiger partial charge in [0.1, 0.15) is 6.29 Å². The summed E-state index contributed by atoms with van der Waals surface area (Å²) in [4.78, 5) is 10.0. The molecule has 0 aliphatic rings. The second kappa shape index (κ2) is 6.89. The van der Waals surface area contributed by atoms with Crippen LogP contribution in [0.1, 0.15) is 10.4 Å². The molecule has 0 heterocycles. The summed E-state index contributed by atoms with van der Waals surface area (Å²) in [6.45, 7) is 3.06. The van der Waals surface area contributed by atoms with Crippen LogP contribution in [0.2, 0.25) is 0 Å². The molecule has 0 fully saturated rings. The minimum Gasteiger partial charge on any atom is -0.310 e. The Bertz CT molecular complexity index is 427. The second-order valence-electron chi connectivity index (χ2n) is 2.74. The molecule has 0 saturated heterocycles. The lowest BCUT2D eigenvalue weighted by atomic mass is 10.2. The van der Waals surface area contributed by atoms with E-state index >= 15 is 0 Å². The van der Waals surface area contributed by atoms with Crippen LogP contribution in [0.5, 0.6) is 0 Å². The third-order valence-electron chi connectivity index (χ3n) is 1.51. The van der Waals surface area contributed by atoms with E-state index in [4.69, 9.17) is 10.3 Å². The predicted octanol–water partition coefficient (Wildman–Crippen LogP) is 0.844. The normalized spacial score (nSPS) is 11.9. The first-order valence-electron chi connectivity index (χ1n) is 4.26. The number of carbonyl (C=O) groups is 1. The van der Waals surface area contributed by atoms with Gasteiger partial charge in [0, 0.05) is 5.56 Å². The smallest absolute Gasteiger partial charge is 0.284 e. The summed E-state index contributed by atoms with van der Waals surface area (Å²) in [5, 5.41) is -1.36. The van der Waals surface area contributed by atoms with E-state index in [-0.39, 0.29) is 0 Å². The number of nitrogens with two attached hydrogens (primary N) is 1. The molecule has 0 bridgehead atoms. The summed E-state index contributed by atoms with van der Waals surface area (Å²) in [7, 11) is -4.09. The quantitative estimate of drug-likeness (QED) is 0.466. The van der Waals surface area contributed by atoms with Crippen molar-refractivity contribution in [3.63, 3.8) is 0 Å². The number of benzene rings is 1. The molecule has 16 heavy (non-hydrogen) atoms. The van der Waals surface area contributed by atoms with Gasteiger partial charge in [0.25, 0.3) is 10.1 Å². The largest absolute Gasteiger partial charge is 0.310 e. The van der Waals surface area contributed by atoms with E-state index in [0.29, 0.717) is 0 Å². The zero-order valence-electron chi connectivity index (χ0n) is 8.48. The third-order valence-corrected chi connectivity index (χ3v) is 2.39. The maximum absolute atomic E-state index is 10.0. The summed E-state index contributed by atoms with van der Waals surface area (Å²) in [6.07, 6.45) is 1.77. The van der Waals surface area contributed by atoms with Crippen molar-refractivity contribution in [1.82, 2.24) is 0 Å². The molecule has 1 rings (SSSR count). The van der Waals surface area contributed by atoms with Crippen LogP contribution < -0.4 is 5.73 Å². The molecule has 1 atom stereocenters. The van der Waals surface area contributed by atoms with E-state index in [1.807, 2.05) is 18.2 Å². The van der Waals surface area contributed by atoms with Crippen LogP contribution >= 0.6 is 0 Å². The van der Waals surface area contributed by atoms with Gasteiger partial charge in [-0.05, 0) is 0 Å². The third kappa shape index (κ3) is 6.07. The van der Waals surface area contributed by atoms with Gasteiger partial charge in [-0.25, -0.2) is 0 Å². The fourth-order valence-corrected chi connectivity index (χ4v) is 0.896. The molecule has 0 aromatic heterocycles. The van der Waals surface area contributed by atoms with Crippen molar-refractivity contribution in [3.8, 4) is 0 Å². The predicted molar refractivity (Wildman–Crippen MR) is 61.6 cm³/mol. The Morgan fingerprint density at radius 2 is 1.81 bits per heavy atom. The van der Waals surface area contributed by atoms with E-state index < -0.39 is 15.5 Å². The molecular weight excluding hydrogens is 230 g/mol. The molecule has 1 aromatic carbocycles. The molecule has 1 aromatic rings. The van der Waals surface area contributed by atoms with Crippen LogP contribution in [0, 0.1) is 0 Å². The molecule has 0 radical (unpaired) electrons. The first kappa shape index (κ1) is 14.5. The van der Waals surface area contributed by atoms with E-state index in [1.54, 1.807) is 12.1 Å². The Labute approximate surface area is 94.3 Å². The van der Waals surface area contributed by atoms with Crippen molar-refractivity contribution in [3.05, 3.63) is 48.6 Å². The fourth-order valence-electron chi connectivity index (χ4n) is 0.653.